The Labute approximate surface area is 126 Å². The van der Waals surface area contributed by atoms with E-state index in [0.29, 0.717) is 11.4 Å². The Morgan fingerprint density at radius 1 is 1.29 bits per heavy atom. The van der Waals surface area contributed by atoms with Crippen LogP contribution in [-0.4, -0.2) is 37.0 Å². The van der Waals surface area contributed by atoms with Gasteiger partial charge in [0.25, 0.3) is 0 Å². The lowest BCUT2D eigenvalue weighted by Crippen LogP contribution is -2.42. The quantitative estimate of drug-likeness (QED) is 0.903. The number of sulfonamides is 1. The normalized spacial score (nSPS) is 32.3. The second kappa shape index (κ2) is 4.78. The van der Waals surface area contributed by atoms with E-state index in [1.165, 1.54) is 0 Å². The van der Waals surface area contributed by atoms with Crippen molar-refractivity contribution in [1.82, 2.24) is 9.79 Å². The summed E-state index contributed by atoms with van der Waals surface area (Å²) < 4.78 is 27.3. The monoisotopic (exact) mass is 310 g/mol. The van der Waals surface area contributed by atoms with Crippen molar-refractivity contribution in [1.29, 1.82) is 0 Å². The number of hydrogen-bond donors (Lipinski definition) is 1. The maximum Gasteiger partial charge on any atom is 0.243 e. The summed E-state index contributed by atoms with van der Waals surface area (Å²) in [5.41, 5.74) is 3.72. The molecule has 0 bridgehead atoms. The molecule has 116 valence electrons. The zero-order chi connectivity index (χ0) is 15.4. The molecule has 0 amide bonds. The summed E-state index contributed by atoms with van der Waals surface area (Å²) in [6.45, 7) is 8.37. The summed E-state index contributed by atoms with van der Waals surface area (Å²) in [4.78, 5) is 5.95. The predicted molar refractivity (Wildman–Crippen MR) is 80.1 cm³/mol. The standard InChI is InChI=1S/C15H22N2O3S/c1-10-5-7-12(8-6-10)21(18,19)17-9-13-14(11(17)2)16-20-15(13,3)4/h5-8,11,13-14,16H,9H2,1-4H3/t11-,13+,14-/m0/s1. The average molecular weight is 310 g/mol. The minimum Gasteiger partial charge on any atom is -0.295 e. The van der Waals surface area contributed by atoms with E-state index in [1.54, 1.807) is 16.4 Å². The van der Waals surface area contributed by atoms with Crippen LogP contribution in [0.25, 0.3) is 0 Å². The van der Waals surface area contributed by atoms with E-state index < -0.39 is 10.0 Å². The van der Waals surface area contributed by atoms with Crippen molar-refractivity contribution in [3.05, 3.63) is 29.8 Å². The summed E-state index contributed by atoms with van der Waals surface area (Å²) in [7, 11) is -3.46. The number of benzene rings is 1. The molecule has 3 rings (SSSR count). The van der Waals surface area contributed by atoms with Gasteiger partial charge in [0, 0.05) is 18.5 Å². The molecule has 1 aromatic carbocycles. The topological polar surface area (TPSA) is 58.6 Å². The third kappa shape index (κ3) is 2.30. The second-order valence-corrected chi connectivity index (χ2v) is 8.47. The van der Waals surface area contributed by atoms with Gasteiger partial charge in [0.1, 0.15) is 0 Å². The van der Waals surface area contributed by atoms with Crippen LogP contribution in [0.5, 0.6) is 0 Å². The molecule has 0 radical (unpaired) electrons. The highest BCUT2D eigenvalue weighted by molar-refractivity contribution is 7.89. The molecule has 5 nitrogen and oxygen atoms in total. The molecule has 2 fully saturated rings. The summed E-state index contributed by atoms with van der Waals surface area (Å²) >= 11 is 0. The second-order valence-electron chi connectivity index (χ2n) is 6.58. The van der Waals surface area contributed by atoms with Crippen molar-refractivity contribution < 1.29 is 13.3 Å². The number of aryl methyl sites for hydroxylation is 1. The first-order chi connectivity index (χ1) is 9.73. The average Bonchev–Trinajstić information content (AvgIpc) is 2.90. The van der Waals surface area contributed by atoms with Crippen molar-refractivity contribution in [3.63, 3.8) is 0 Å². The molecule has 0 aliphatic carbocycles. The summed E-state index contributed by atoms with van der Waals surface area (Å²) in [5.74, 6) is 0.160. The molecular weight excluding hydrogens is 288 g/mol. The van der Waals surface area contributed by atoms with Crippen LogP contribution in [0.1, 0.15) is 26.3 Å². The van der Waals surface area contributed by atoms with E-state index in [0.717, 1.165) is 5.56 Å². The van der Waals surface area contributed by atoms with Gasteiger partial charge in [0.15, 0.2) is 0 Å². The lowest BCUT2D eigenvalue weighted by molar-refractivity contribution is -0.0520. The summed E-state index contributed by atoms with van der Waals surface area (Å²) in [6, 6.07) is 6.95. The SMILES string of the molecule is Cc1ccc(S(=O)(=O)N2C[C@@H]3[C@@H](NOC3(C)C)[C@@H]2C)cc1. The highest BCUT2D eigenvalue weighted by Gasteiger charge is 2.55. The first-order valence-electron chi connectivity index (χ1n) is 7.25. The fraction of sp³-hybridized carbons (Fsp3) is 0.600. The Kier molecular flexibility index (Phi) is 3.40. The number of rotatable bonds is 2. The van der Waals surface area contributed by atoms with Gasteiger partial charge >= 0.3 is 0 Å². The maximum atomic E-state index is 12.9. The first kappa shape index (κ1) is 15.0. The highest BCUT2D eigenvalue weighted by atomic mass is 32.2. The van der Waals surface area contributed by atoms with Crippen LogP contribution >= 0.6 is 0 Å². The van der Waals surface area contributed by atoms with Gasteiger partial charge in [0.2, 0.25) is 10.0 Å². The molecule has 2 heterocycles. The molecule has 6 heteroatoms. The van der Waals surface area contributed by atoms with Crippen molar-refractivity contribution >= 4 is 10.0 Å². The summed E-state index contributed by atoms with van der Waals surface area (Å²) in [5, 5.41) is 0. The van der Waals surface area contributed by atoms with Crippen LogP contribution in [0.15, 0.2) is 29.2 Å². The number of hydrogen-bond acceptors (Lipinski definition) is 4. The van der Waals surface area contributed by atoms with Crippen molar-refractivity contribution in [2.75, 3.05) is 6.54 Å². The number of nitrogens with zero attached hydrogens (tertiary/aromatic N) is 1. The number of fused-ring (bicyclic) bond motifs is 1. The highest BCUT2D eigenvalue weighted by Crippen LogP contribution is 2.40. The zero-order valence-corrected chi connectivity index (χ0v) is 13.6. The predicted octanol–water partition coefficient (Wildman–Crippen LogP) is 1.69. The molecule has 3 atom stereocenters. The van der Waals surface area contributed by atoms with Gasteiger partial charge in [-0.25, -0.2) is 8.42 Å². The van der Waals surface area contributed by atoms with Crippen LogP contribution < -0.4 is 5.48 Å². The molecule has 0 saturated carbocycles. The fourth-order valence-corrected chi connectivity index (χ4v) is 4.96. The zero-order valence-electron chi connectivity index (χ0n) is 12.8. The molecule has 1 aromatic rings. The lowest BCUT2D eigenvalue weighted by Gasteiger charge is -2.26. The Balaban J connectivity index is 1.92. The van der Waals surface area contributed by atoms with Crippen molar-refractivity contribution in [2.45, 2.75) is 50.3 Å². The van der Waals surface area contributed by atoms with Gasteiger partial charge in [-0.3, -0.25) is 4.84 Å². The van der Waals surface area contributed by atoms with E-state index in [2.05, 4.69) is 5.48 Å². The minimum absolute atomic E-state index is 0.0419. The Hall–Kier alpha value is -0.950. The van der Waals surface area contributed by atoms with Gasteiger partial charge in [-0.05, 0) is 39.8 Å². The van der Waals surface area contributed by atoms with Gasteiger partial charge in [0.05, 0.1) is 16.5 Å². The Bertz CT molecular complexity index is 639. The van der Waals surface area contributed by atoms with E-state index in [4.69, 9.17) is 4.84 Å². The van der Waals surface area contributed by atoms with Gasteiger partial charge in [-0.15, -0.1) is 0 Å². The molecule has 0 unspecified atom stereocenters. The van der Waals surface area contributed by atoms with Gasteiger partial charge in [-0.1, -0.05) is 17.7 Å². The minimum atomic E-state index is -3.46. The van der Waals surface area contributed by atoms with E-state index >= 15 is 0 Å². The lowest BCUT2D eigenvalue weighted by atomic mass is 9.87. The smallest absolute Gasteiger partial charge is 0.243 e. The first-order valence-corrected chi connectivity index (χ1v) is 8.69. The molecule has 21 heavy (non-hydrogen) atoms. The van der Waals surface area contributed by atoms with Crippen LogP contribution in [-0.2, 0) is 14.9 Å². The third-order valence-electron chi connectivity index (χ3n) is 4.76. The molecule has 2 aliphatic rings. The van der Waals surface area contributed by atoms with Crippen LogP contribution in [0.3, 0.4) is 0 Å². The van der Waals surface area contributed by atoms with E-state index in [1.807, 2.05) is 39.8 Å². The third-order valence-corrected chi connectivity index (χ3v) is 6.73. The molecule has 2 aliphatic heterocycles. The van der Waals surface area contributed by atoms with E-state index in [9.17, 15) is 8.42 Å². The molecule has 1 N–H and O–H groups in total. The molecule has 2 saturated heterocycles. The van der Waals surface area contributed by atoms with E-state index in [-0.39, 0.29) is 23.6 Å². The van der Waals surface area contributed by atoms with Crippen LogP contribution in [0.4, 0.5) is 0 Å². The molecular formula is C15H22N2O3S. The molecule has 0 aromatic heterocycles. The van der Waals surface area contributed by atoms with Gasteiger partial charge in [-0.2, -0.15) is 9.79 Å². The number of nitrogens with one attached hydrogen (secondary N) is 1. The number of hydroxylamine groups is 1. The van der Waals surface area contributed by atoms with Crippen LogP contribution in [0, 0.1) is 12.8 Å². The summed E-state index contributed by atoms with van der Waals surface area (Å²) in [6.07, 6.45) is 0. The van der Waals surface area contributed by atoms with Crippen LogP contribution in [0.2, 0.25) is 0 Å². The Morgan fingerprint density at radius 3 is 2.48 bits per heavy atom. The largest absolute Gasteiger partial charge is 0.295 e. The molecule has 0 spiro atoms. The maximum absolute atomic E-state index is 12.9. The van der Waals surface area contributed by atoms with Crippen molar-refractivity contribution in [2.24, 2.45) is 5.92 Å². The Morgan fingerprint density at radius 2 is 1.90 bits per heavy atom. The van der Waals surface area contributed by atoms with Crippen molar-refractivity contribution in [3.8, 4) is 0 Å². The van der Waals surface area contributed by atoms with Gasteiger partial charge < -0.3 is 0 Å². The fourth-order valence-electron chi connectivity index (χ4n) is 3.28.